The molecule has 3 nitrogen and oxygen atoms in total. The molecule has 0 aliphatic carbocycles. The number of carbonyl (C=O) groups excluding carboxylic acids is 1. The average Bonchev–Trinajstić information content (AvgIpc) is 2.53. The van der Waals surface area contributed by atoms with Crippen LogP contribution in [0.25, 0.3) is 0 Å². The molecular formula is C11H13BrN2O. The number of halogens is 1. The number of hydrogen-bond acceptors (Lipinski definition) is 2. The van der Waals surface area contributed by atoms with Gasteiger partial charge in [-0.15, -0.1) is 0 Å². The van der Waals surface area contributed by atoms with Crippen LogP contribution in [0.15, 0.2) is 22.8 Å². The van der Waals surface area contributed by atoms with Gasteiger partial charge in [0, 0.05) is 23.1 Å². The van der Waals surface area contributed by atoms with Crippen LogP contribution in [0.5, 0.6) is 0 Å². The van der Waals surface area contributed by atoms with Gasteiger partial charge in [0.2, 0.25) is 5.91 Å². The lowest BCUT2D eigenvalue weighted by Crippen LogP contribution is -2.30. The molecule has 1 amide bonds. The maximum absolute atomic E-state index is 11.6. The first-order valence-electron chi connectivity index (χ1n) is 5.07. The van der Waals surface area contributed by atoms with Crippen molar-refractivity contribution in [3.05, 3.63) is 28.5 Å². The Balaban J connectivity index is 2.15. The molecule has 0 N–H and O–H groups in total. The Labute approximate surface area is 97.6 Å². The second-order valence-electron chi connectivity index (χ2n) is 3.84. The first kappa shape index (κ1) is 10.6. The number of likely N-dealkylation sites (tertiary alicyclic amines) is 1. The van der Waals surface area contributed by atoms with Gasteiger partial charge in [-0.3, -0.25) is 9.78 Å². The lowest BCUT2D eigenvalue weighted by Gasteiger charge is -2.21. The number of hydrogen-bond donors (Lipinski definition) is 0. The van der Waals surface area contributed by atoms with Gasteiger partial charge in [-0.05, 0) is 41.4 Å². The van der Waals surface area contributed by atoms with Gasteiger partial charge in [0.15, 0.2) is 0 Å². The van der Waals surface area contributed by atoms with E-state index in [0.717, 1.165) is 16.6 Å². The zero-order valence-corrected chi connectivity index (χ0v) is 10.2. The fourth-order valence-electron chi connectivity index (χ4n) is 1.82. The smallest absolute Gasteiger partial charge is 0.223 e. The maximum Gasteiger partial charge on any atom is 0.223 e. The summed E-state index contributed by atoms with van der Waals surface area (Å²) in [6.45, 7) is 2.70. The van der Waals surface area contributed by atoms with E-state index in [1.54, 1.807) is 6.20 Å². The van der Waals surface area contributed by atoms with Crippen molar-refractivity contribution in [1.29, 1.82) is 0 Å². The van der Waals surface area contributed by atoms with E-state index in [0.29, 0.717) is 19.0 Å². The number of nitrogens with zero attached hydrogens (tertiary/aromatic N) is 2. The summed E-state index contributed by atoms with van der Waals surface area (Å²) in [7, 11) is 0. The summed E-state index contributed by atoms with van der Waals surface area (Å²) in [5.41, 5.74) is 0.930. The van der Waals surface area contributed by atoms with Crippen LogP contribution < -0.4 is 0 Å². The Kier molecular flexibility index (Phi) is 3.05. The minimum Gasteiger partial charge on any atom is -0.334 e. The van der Waals surface area contributed by atoms with Crippen molar-refractivity contribution in [1.82, 2.24) is 9.88 Å². The van der Waals surface area contributed by atoms with Crippen molar-refractivity contribution < 1.29 is 4.79 Å². The van der Waals surface area contributed by atoms with E-state index >= 15 is 0 Å². The second kappa shape index (κ2) is 4.31. The molecular weight excluding hydrogens is 256 g/mol. The third-order valence-corrected chi connectivity index (χ3v) is 3.51. The highest BCUT2D eigenvalue weighted by atomic mass is 79.9. The van der Waals surface area contributed by atoms with Gasteiger partial charge < -0.3 is 4.90 Å². The fraction of sp³-hybridized carbons (Fsp3) is 0.455. The predicted molar refractivity (Wildman–Crippen MR) is 61.2 cm³/mol. The van der Waals surface area contributed by atoms with E-state index in [9.17, 15) is 4.79 Å². The maximum atomic E-state index is 11.6. The van der Waals surface area contributed by atoms with E-state index in [2.05, 4.69) is 27.8 Å². The van der Waals surface area contributed by atoms with Crippen LogP contribution in [0.4, 0.5) is 0 Å². The number of pyridine rings is 1. The third-order valence-electron chi connectivity index (χ3n) is 2.78. The largest absolute Gasteiger partial charge is 0.334 e. The van der Waals surface area contributed by atoms with Gasteiger partial charge in [-0.25, -0.2) is 0 Å². The van der Waals surface area contributed by atoms with Crippen LogP contribution in [0.2, 0.25) is 0 Å². The molecule has 1 aromatic rings. The van der Waals surface area contributed by atoms with Crippen molar-refractivity contribution in [2.75, 3.05) is 0 Å². The lowest BCUT2D eigenvalue weighted by atomic mass is 10.2. The monoisotopic (exact) mass is 268 g/mol. The minimum absolute atomic E-state index is 0.236. The zero-order valence-electron chi connectivity index (χ0n) is 8.61. The molecule has 0 aromatic carbocycles. The van der Waals surface area contributed by atoms with E-state index < -0.39 is 0 Å². The number of carbonyl (C=O) groups is 1. The summed E-state index contributed by atoms with van der Waals surface area (Å²) in [6.07, 6.45) is 3.39. The molecule has 0 radical (unpaired) electrons. The first-order valence-corrected chi connectivity index (χ1v) is 5.86. The number of aromatic nitrogens is 1. The third kappa shape index (κ3) is 2.20. The topological polar surface area (TPSA) is 33.2 Å². The summed E-state index contributed by atoms with van der Waals surface area (Å²) in [5.74, 6) is 0.236. The average molecular weight is 269 g/mol. The van der Waals surface area contributed by atoms with Gasteiger partial charge in [-0.1, -0.05) is 0 Å². The van der Waals surface area contributed by atoms with Gasteiger partial charge in [-0.2, -0.15) is 0 Å². The van der Waals surface area contributed by atoms with Crippen molar-refractivity contribution in [2.24, 2.45) is 0 Å². The molecule has 1 unspecified atom stereocenters. The summed E-state index contributed by atoms with van der Waals surface area (Å²) < 4.78 is 0.969. The molecule has 1 aromatic heterocycles. The van der Waals surface area contributed by atoms with Gasteiger partial charge >= 0.3 is 0 Å². The van der Waals surface area contributed by atoms with Crippen LogP contribution in [-0.4, -0.2) is 21.8 Å². The van der Waals surface area contributed by atoms with Crippen LogP contribution >= 0.6 is 15.9 Å². The second-order valence-corrected chi connectivity index (χ2v) is 4.70. The van der Waals surface area contributed by atoms with Crippen molar-refractivity contribution in [2.45, 2.75) is 32.4 Å². The number of rotatable bonds is 2. The quantitative estimate of drug-likeness (QED) is 0.825. The minimum atomic E-state index is 0.236. The highest BCUT2D eigenvalue weighted by molar-refractivity contribution is 9.10. The highest BCUT2D eigenvalue weighted by Crippen LogP contribution is 2.23. The standard InChI is InChI=1S/C11H13BrN2O/c1-8-4-5-11(15)14(8)7-10-9(12)3-2-6-13-10/h2-3,6,8H,4-5,7H2,1H3. The number of amides is 1. The normalized spacial score (nSPS) is 21.1. The van der Waals surface area contributed by atoms with Crippen LogP contribution in [0, 0.1) is 0 Å². The highest BCUT2D eigenvalue weighted by Gasteiger charge is 2.27. The predicted octanol–water partition coefficient (Wildman–Crippen LogP) is 2.36. The molecule has 1 aliphatic heterocycles. The Morgan fingerprint density at radius 1 is 1.67 bits per heavy atom. The SMILES string of the molecule is CC1CCC(=O)N1Cc1ncccc1Br. The van der Waals surface area contributed by atoms with Crippen LogP contribution in [0.3, 0.4) is 0 Å². The lowest BCUT2D eigenvalue weighted by molar-refractivity contribution is -0.129. The van der Waals surface area contributed by atoms with E-state index in [-0.39, 0.29) is 5.91 Å². The van der Waals surface area contributed by atoms with E-state index in [1.807, 2.05) is 17.0 Å². The summed E-state index contributed by atoms with van der Waals surface area (Å²) >= 11 is 3.44. The molecule has 0 bridgehead atoms. The zero-order chi connectivity index (χ0) is 10.8. The Bertz CT molecular complexity index is 381. The summed E-state index contributed by atoms with van der Waals surface area (Å²) in [5, 5.41) is 0. The molecule has 1 aliphatic rings. The van der Waals surface area contributed by atoms with Crippen molar-refractivity contribution >= 4 is 21.8 Å². The first-order chi connectivity index (χ1) is 7.18. The van der Waals surface area contributed by atoms with Gasteiger partial charge in [0.1, 0.15) is 0 Å². The molecule has 1 saturated heterocycles. The molecule has 4 heteroatoms. The van der Waals surface area contributed by atoms with Crippen molar-refractivity contribution in [3.63, 3.8) is 0 Å². The van der Waals surface area contributed by atoms with Crippen LogP contribution in [0.1, 0.15) is 25.5 Å². The fourth-order valence-corrected chi connectivity index (χ4v) is 2.20. The van der Waals surface area contributed by atoms with Gasteiger partial charge in [0.25, 0.3) is 0 Å². The summed E-state index contributed by atoms with van der Waals surface area (Å²) in [6, 6.07) is 4.17. The molecule has 2 rings (SSSR count). The molecule has 1 fully saturated rings. The Morgan fingerprint density at radius 2 is 2.47 bits per heavy atom. The molecule has 2 heterocycles. The Morgan fingerprint density at radius 3 is 3.07 bits per heavy atom. The molecule has 15 heavy (non-hydrogen) atoms. The molecule has 80 valence electrons. The summed E-state index contributed by atoms with van der Waals surface area (Å²) in [4.78, 5) is 17.7. The van der Waals surface area contributed by atoms with Crippen molar-refractivity contribution in [3.8, 4) is 0 Å². The van der Waals surface area contributed by atoms with E-state index in [4.69, 9.17) is 0 Å². The Hall–Kier alpha value is -0.900. The molecule has 0 saturated carbocycles. The van der Waals surface area contributed by atoms with E-state index in [1.165, 1.54) is 0 Å². The molecule has 0 spiro atoms. The van der Waals surface area contributed by atoms with Crippen LogP contribution in [-0.2, 0) is 11.3 Å². The molecule has 1 atom stereocenters. The van der Waals surface area contributed by atoms with Gasteiger partial charge in [0.05, 0.1) is 12.2 Å².